The SMILES string of the molecule is Cn1cc(C=C2C(=O)NC(=S)N(c3cccc4ccccc34)C2=O)c2ccccc21. The molecule has 0 aliphatic carbocycles. The Labute approximate surface area is 178 Å². The Hall–Kier alpha value is -3.77. The maximum Gasteiger partial charge on any atom is 0.270 e. The van der Waals surface area contributed by atoms with E-state index in [0.29, 0.717) is 5.69 Å². The van der Waals surface area contributed by atoms with Crippen molar-refractivity contribution >= 4 is 62.6 Å². The van der Waals surface area contributed by atoms with Crippen molar-refractivity contribution in [2.45, 2.75) is 0 Å². The molecule has 3 aromatic carbocycles. The summed E-state index contributed by atoms with van der Waals surface area (Å²) < 4.78 is 1.97. The number of para-hydroxylation sites is 1. The van der Waals surface area contributed by atoms with Crippen LogP contribution in [-0.2, 0) is 16.6 Å². The average molecular weight is 411 g/mol. The molecule has 1 aliphatic heterocycles. The van der Waals surface area contributed by atoms with Gasteiger partial charge in [-0.3, -0.25) is 19.8 Å². The van der Waals surface area contributed by atoms with Gasteiger partial charge in [-0.2, -0.15) is 0 Å². The summed E-state index contributed by atoms with van der Waals surface area (Å²) in [5, 5.41) is 5.59. The minimum absolute atomic E-state index is 0.0490. The number of aryl methyl sites for hydroxylation is 1. The van der Waals surface area contributed by atoms with Crippen molar-refractivity contribution in [2.24, 2.45) is 7.05 Å². The van der Waals surface area contributed by atoms with E-state index in [1.165, 1.54) is 4.90 Å². The van der Waals surface area contributed by atoms with Crippen LogP contribution in [0.15, 0.2) is 78.5 Å². The molecule has 0 atom stereocenters. The van der Waals surface area contributed by atoms with E-state index in [1.54, 1.807) is 6.08 Å². The highest BCUT2D eigenvalue weighted by molar-refractivity contribution is 7.80. The summed E-state index contributed by atoms with van der Waals surface area (Å²) in [6, 6.07) is 21.3. The number of hydrogen-bond acceptors (Lipinski definition) is 3. The van der Waals surface area contributed by atoms with Crippen LogP contribution in [0, 0.1) is 0 Å². The predicted octanol–water partition coefficient (Wildman–Crippen LogP) is 4.16. The van der Waals surface area contributed by atoms with Gasteiger partial charge < -0.3 is 4.57 Å². The third kappa shape index (κ3) is 2.81. The summed E-state index contributed by atoms with van der Waals surface area (Å²) in [5.74, 6) is -0.928. The van der Waals surface area contributed by atoms with Gasteiger partial charge in [0.1, 0.15) is 5.57 Å². The summed E-state index contributed by atoms with van der Waals surface area (Å²) in [6.45, 7) is 0. The van der Waals surface area contributed by atoms with E-state index in [2.05, 4.69) is 5.32 Å². The Morgan fingerprint density at radius 2 is 1.60 bits per heavy atom. The second kappa shape index (κ2) is 6.93. The second-order valence-electron chi connectivity index (χ2n) is 7.17. The lowest BCUT2D eigenvalue weighted by Gasteiger charge is -2.29. The van der Waals surface area contributed by atoms with Crippen molar-refractivity contribution in [1.82, 2.24) is 9.88 Å². The van der Waals surface area contributed by atoms with Crippen LogP contribution in [0.3, 0.4) is 0 Å². The van der Waals surface area contributed by atoms with Crippen molar-refractivity contribution in [3.8, 4) is 0 Å². The zero-order valence-corrected chi connectivity index (χ0v) is 16.9. The molecule has 30 heavy (non-hydrogen) atoms. The number of aromatic nitrogens is 1. The van der Waals surface area contributed by atoms with E-state index in [1.807, 2.05) is 84.5 Å². The van der Waals surface area contributed by atoms with Gasteiger partial charge in [-0.1, -0.05) is 54.6 Å². The molecule has 0 radical (unpaired) electrons. The number of amides is 2. The van der Waals surface area contributed by atoms with Crippen molar-refractivity contribution in [3.05, 3.63) is 84.1 Å². The van der Waals surface area contributed by atoms with Crippen LogP contribution in [0.25, 0.3) is 27.8 Å². The zero-order chi connectivity index (χ0) is 20.8. The van der Waals surface area contributed by atoms with Crippen molar-refractivity contribution in [2.75, 3.05) is 4.90 Å². The number of nitrogens with one attached hydrogen (secondary N) is 1. The topological polar surface area (TPSA) is 54.3 Å². The van der Waals surface area contributed by atoms with Crippen LogP contribution in [-0.4, -0.2) is 21.5 Å². The van der Waals surface area contributed by atoms with Gasteiger partial charge in [0.2, 0.25) is 0 Å². The largest absolute Gasteiger partial charge is 0.350 e. The fraction of sp³-hybridized carbons (Fsp3) is 0.0417. The van der Waals surface area contributed by atoms with Crippen LogP contribution >= 0.6 is 12.2 Å². The van der Waals surface area contributed by atoms with E-state index in [4.69, 9.17) is 12.2 Å². The molecule has 5 rings (SSSR count). The number of benzene rings is 3. The monoisotopic (exact) mass is 411 g/mol. The highest BCUT2D eigenvalue weighted by Crippen LogP contribution is 2.30. The molecule has 1 aromatic heterocycles. The second-order valence-corrected chi connectivity index (χ2v) is 7.56. The molecule has 146 valence electrons. The minimum atomic E-state index is -0.491. The standard InChI is InChI=1S/C24H17N3O2S/c1-26-14-16(18-10-4-5-11-20(18)26)13-19-22(28)25-24(30)27(23(19)29)21-12-6-8-15-7-2-3-9-17(15)21/h2-14H,1H3,(H,25,28,30). The molecule has 0 saturated carbocycles. The first kappa shape index (κ1) is 18.3. The van der Waals surface area contributed by atoms with Gasteiger partial charge >= 0.3 is 0 Å². The lowest BCUT2D eigenvalue weighted by atomic mass is 10.0. The number of rotatable bonds is 2. The lowest BCUT2D eigenvalue weighted by molar-refractivity contribution is -0.122. The molecule has 1 aliphatic rings. The van der Waals surface area contributed by atoms with Gasteiger partial charge in [0.15, 0.2) is 5.11 Å². The molecule has 1 N–H and O–H groups in total. The molecule has 6 heteroatoms. The first-order valence-corrected chi connectivity index (χ1v) is 9.89. The number of anilines is 1. The summed E-state index contributed by atoms with van der Waals surface area (Å²) in [4.78, 5) is 27.5. The Morgan fingerprint density at radius 3 is 2.43 bits per heavy atom. The average Bonchev–Trinajstić information content (AvgIpc) is 3.07. The zero-order valence-electron chi connectivity index (χ0n) is 16.1. The molecule has 2 amide bonds. The van der Waals surface area contributed by atoms with E-state index in [-0.39, 0.29) is 10.7 Å². The third-order valence-electron chi connectivity index (χ3n) is 5.34. The van der Waals surface area contributed by atoms with Crippen LogP contribution < -0.4 is 10.2 Å². The maximum atomic E-state index is 13.4. The fourth-order valence-corrected chi connectivity index (χ4v) is 4.20. The summed E-state index contributed by atoms with van der Waals surface area (Å²) in [5.41, 5.74) is 2.52. The van der Waals surface area contributed by atoms with E-state index in [0.717, 1.165) is 27.2 Å². The fourth-order valence-electron chi connectivity index (χ4n) is 3.92. The highest BCUT2D eigenvalue weighted by Gasteiger charge is 2.35. The normalized spacial score (nSPS) is 16.0. The van der Waals surface area contributed by atoms with Crippen LogP contribution in [0.1, 0.15) is 5.56 Å². The minimum Gasteiger partial charge on any atom is -0.350 e. The first-order valence-electron chi connectivity index (χ1n) is 9.48. The number of carbonyl (C=O) groups excluding carboxylic acids is 2. The molecule has 0 unspecified atom stereocenters. The van der Waals surface area contributed by atoms with Gasteiger partial charge in [-0.25, -0.2) is 0 Å². The molecule has 1 fully saturated rings. The predicted molar refractivity (Wildman–Crippen MR) is 123 cm³/mol. The van der Waals surface area contributed by atoms with Crippen LogP contribution in [0.5, 0.6) is 0 Å². The number of carbonyl (C=O) groups is 2. The summed E-state index contributed by atoms with van der Waals surface area (Å²) >= 11 is 5.37. The summed E-state index contributed by atoms with van der Waals surface area (Å²) in [7, 11) is 1.94. The third-order valence-corrected chi connectivity index (χ3v) is 5.62. The first-order chi connectivity index (χ1) is 14.5. The number of thiocarbonyl (C=S) groups is 1. The van der Waals surface area contributed by atoms with E-state index < -0.39 is 11.8 Å². The Balaban J connectivity index is 1.65. The number of fused-ring (bicyclic) bond motifs is 2. The van der Waals surface area contributed by atoms with Gasteiger partial charge in [-0.15, -0.1) is 0 Å². The number of nitrogens with zero attached hydrogens (tertiary/aromatic N) is 2. The molecule has 5 nitrogen and oxygen atoms in total. The molecular weight excluding hydrogens is 394 g/mol. The lowest BCUT2D eigenvalue weighted by Crippen LogP contribution is -2.54. The molecule has 1 saturated heterocycles. The Kier molecular flexibility index (Phi) is 4.22. The van der Waals surface area contributed by atoms with E-state index in [9.17, 15) is 9.59 Å². The highest BCUT2D eigenvalue weighted by atomic mass is 32.1. The summed E-state index contributed by atoms with van der Waals surface area (Å²) in [6.07, 6.45) is 3.55. The Morgan fingerprint density at radius 1 is 0.900 bits per heavy atom. The van der Waals surface area contributed by atoms with Crippen molar-refractivity contribution in [3.63, 3.8) is 0 Å². The molecule has 2 heterocycles. The van der Waals surface area contributed by atoms with Crippen LogP contribution in [0.2, 0.25) is 0 Å². The number of hydrogen-bond donors (Lipinski definition) is 1. The molecule has 4 aromatic rings. The maximum absolute atomic E-state index is 13.4. The van der Waals surface area contributed by atoms with Gasteiger partial charge in [-0.05, 0) is 35.8 Å². The molecular formula is C24H17N3O2S. The quantitative estimate of drug-likeness (QED) is 0.306. The van der Waals surface area contributed by atoms with Crippen molar-refractivity contribution in [1.29, 1.82) is 0 Å². The Bertz CT molecular complexity index is 1390. The van der Waals surface area contributed by atoms with Crippen molar-refractivity contribution < 1.29 is 9.59 Å². The molecule has 0 spiro atoms. The van der Waals surface area contributed by atoms with Crippen LogP contribution in [0.4, 0.5) is 5.69 Å². The van der Waals surface area contributed by atoms with E-state index >= 15 is 0 Å². The van der Waals surface area contributed by atoms with Gasteiger partial charge in [0, 0.05) is 35.1 Å². The smallest absolute Gasteiger partial charge is 0.270 e. The van der Waals surface area contributed by atoms with Gasteiger partial charge in [0.25, 0.3) is 11.8 Å². The molecule has 0 bridgehead atoms. The van der Waals surface area contributed by atoms with Gasteiger partial charge in [0.05, 0.1) is 5.69 Å².